The first-order valence-corrected chi connectivity index (χ1v) is 33.2. The van der Waals surface area contributed by atoms with E-state index in [-0.39, 0.29) is 18.5 Å². The van der Waals surface area contributed by atoms with Gasteiger partial charge in [-0.2, -0.15) is 0 Å². The summed E-state index contributed by atoms with van der Waals surface area (Å²) in [6.45, 7) is 4.91. The third-order valence-electron chi connectivity index (χ3n) is 15.4. The Kier molecular flexibility index (Phi) is 62.0. The van der Waals surface area contributed by atoms with Crippen molar-refractivity contribution in [1.29, 1.82) is 0 Å². The molecule has 0 saturated heterocycles. The molecule has 436 valence electrons. The van der Waals surface area contributed by atoms with Crippen LogP contribution >= 0.6 is 0 Å². The highest BCUT2D eigenvalue weighted by Gasteiger charge is 2.20. The van der Waals surface area contributed by atoms with Crippen LogP contribution in [0.15, 0.2) is 36.5 Å². The molecule has 0 aliphatic carbocycles. The van der Waals surface area contributed by atoms with E-state index in [2.05, 4.69) is 55.6 Å². The fourth-order valence-corrected chi connectivity index (χ4v) is 10.3. The van der Waals surface area contributed by atoms with Crippen LogP contribution in [0, 0.1) is 0 Å². The Morgan fingerprint density at radius 2 is 0.703 bits per heavy atom. The number of carbonyl (C=O) groups excluding carboxylic acids is 2. The lowest BCUT2D eigenvalue weighted by Gasteiger charge is -2.22. The highest BCUT2D eigenvalue weighted by molar-refractivity contribution is 5.76. The van der Waals surface area contributed by atoms with Gasteiger partial charge in [0, 0.05) is 12.8 Å². The van der Waals surface area contributed by atoms with Crippen LogP contribution in [0.2, 0.25) is 0 Å². The number of rotatable bonds is 62. The topological polar surface area (TPSA) is 95.9 Å². The number of unbranched alkanes of at least 4 members (excludes halogenated alkanes) is 45. The minimum atomic E-state index is -0.666. The Labute approximate surface area is 462 Å². The molecule has 2 unspecified atom stereocenters. The van der Waals surface area contributed by atoms with E-state index in [4.69, 9.17) is 4.74 Å². The summed E-state index contributed by atoms with van der Waals surface area (Å²) < 4.78 is 5.47. The second-order valence-electron chi connectivity index (χ2n) is 22.8. The molecule has 6 heteroatoms. The number of carbonyl (C=O) groups is 2. The lowest BCUT2D eigenvalue weighted by molar-refractivity contribution is -0.143. The number of amides is 1. The second-order valence-corrected chi connectivity index (χ2v) is 22.8. The highest BCUT2D eigenvalue weighted by Crippen LogP contribution is 2.18. The van der Waals surface area contributed by atoms with Crippen LogP contribution < -0.4 is 5.32 Å². The van der Waals surface area contributed by atoms with Gasteiger partial charge in [0.25, 0.3) is 0 Å². The van der Waals surface area contributed by atoms with Crippen LogP contribution in [-0.2, 0) is 14.3 Å². The number of hydrogen-bond donors (Lipinski definition) is 3. The minimum absolute atomic E-state index is 0.000838. The van der Waals surface area contributed by atoms with E-state index in [1.807, 2.05) is 0 Å². The van der Waals surface area contributed by atoms with E-state index in [0.717, 1.165) is 51.4 Å². The van der Waals surface area contributed by atoms with Gasteiger partial charge in [-0.1, -0.05) is 307 Å². The van der Waals surface area contributed by atoms with Crippen LogP contribution in [0.25, 0.3) is 0 Å². The van der Waals surface area contributed by atoms with E-state index in [1.54, 1.807) is 0 Å². The second kappa shape index (κ2) is 63.6. The van der Waals surface area contributed by atoms with E-state index in [0.29, 0.717) is 25.9 Å². The molecule has 0 aromatic rings. The Bertz CT molecular complexity index is 1200. The standard InChI is InChI=1S/C68H129NO5/c1-3-5-7-9-11-13-15-17-18-19-30-33-37-40-44-48-52-56-60-66(71)65(64-70)69-67(72)61-57-53-49-45-41-38-34-31-28-26-24-22-20-21-23-25-27-29-32-35-39-43-47-51-55-59-63-74-68(73)62-58-54-50-46-42-36-16-14-12-10-8-6-4-2/h8,10,14,16,20,22,65-66,70-71H,3-7,9,11-13,15,17-19,21,23-64H2,1-2H3,(H,69,72)/b10-8-,16-14-,22-20-. The Balaban J connectivity index is 3.40. The molecule has 0 aliphatic heterocycles. The van der Waals surface area contributed by atoms with Gasteiger partial charge < -0.3 is 20.3 Å². The molecule has 0 bridgehead atoms. The maximum Gasteiger partial charge on any atom is 0.305 e. The number of esters is 1. The predicted octanol–water partition coefficient (Wildman–Crippen LogP) is 21.1. The summed E-state index contributed by atoms with van der Waals surface area (Å²) in [6, 6.07) is -0.544. The predicted molar refractivity (Wildman–Crippen MR) is 324 cm³/mol. The average molecular weight is 1040 g/mol. The summed E-state index contributed by atoms with van der Waals surface area (Å²) in [6.07, 6.45) is 80.3. The Morgan fingerprint density at radius 3 is 1.09 bits per heavy atom. The van der Waals surface area contributed by atoms with Crippen molar-refractivity contribution in [2.24, 2.45) is 0 Å². The summed E-state index contributed by atoms with van der Waals surface area (Å²) in [4.78, 5) is 24.5. The van der Waals surface area contributed by atoms with E-state index in [1.165, 1.54) is 276 Å². The minimum Gasteiger partial charge on any atom is -0.466 e. The molecule has 0 radical (unpaired) electrons. The smallest absolute Gasteiger partial charge is 0.305 e. The molecule has 2 atom stereocenters. The largest absolute Gasteiger partial charge is 0.466 e. The van der Waals surface area contributed by atoms with Crippen molar-refractivity contribution in [3.05, 3.63) is 36.5 Å². The molecule has 0 aromatic carbocycles. The first kappa shape index (κ1) is 72.1. The van der Waals surface area contributed by atoms with Crippen LogP contribution in [0.5, 0.6) is 0 Å². The summed E-state index contributed by atoms with van der Waals surface area (Å²) in [5.41, 5.74) is 0. The molecule has 0 aromatic heterocycles. The summed E-state index contributed by atoms with van der Waals surface area (Å²) in [7, 11) is 0. The first-order chi connectivity index (χ1) is 36.5. The summed E-state index contributed by atoms with van der Waals surface area (Å²) in [5.74, 6) is -0.0349. The highest BCUT2D eigenvalue weighted by atomic mass is 16.5. The number of allylic oxidation sites excluding steroid dienone is 6. The zero-order valence-electron chi connectivity index (χ0n) is 49.8. The van der Waals surface area contributed by atoms with Crippen LogP contribution in [-0.4, -0.2) is 47.4 Å². The molecule has 0 rings (SSSR count). The van der Waals surface area contributed by atoms with Crippen LogP contribution in [0.3, 0.4) is 0 Å². The summed E-state index contributed by atoms with van der Waals surface area (Å²) in [5, 5.41) is 23.4. The molecule has 1 amide bonds. The van der Waals surface area contributed by atoms with Gasteiger partial charge in [0.05, 0.1) is 25.4 Å². The van der Waals surface area contributed by atoms with E-state index >= 15 is 0 Å². The van der Waals surface area contributed by atoms with Crippen molar-refractivity contribution in [3.63, 3.8) is 0 Å². The molecule has 0 spiro atoms. The van der Waals surface area contributed by atoms with Gasteiger partial charge in [0.2, 0.25) is 5.91 Å². The number of aliphatic hydroxyl groups is 2. The number of hydrogen-bond acceptors (Lipinski definition) is 5. The van der Waals surface area contributed by atoms with Crippen molar-refractivity contribution in [3.8, 4) is 0 Å². The molecule has 6 nitrogen and oxygen atoms in total. The molecular formula is C68H129NO5. The van der Waals surface area contributed by atoms with Gasteiger partial charge >= 0.3 is 5.97 Å². The monoisotopic (exact) mass is 1040 g/mol. The normalized spacial score (nSPS) is 12.8. The van der Waals surface area contributed by atoms with Crippen molar-refractivity contribution in [2.75, 3.05) is 13.2 Å². The van der Waals surface area contributed by atoms with E-state index in [9.17, 15) is 19.8 Å². The lowest BCUT2D eigenvalue weighted by Crippen LogP contribution is -2.45. The van der Waals surface area contributed by atoms with Crippen molar-refractivity contribution < 1.29 is 24.5 Å². The molecule has 0 fully saturated rings. The SMILES string of the molecule is CCC/C=C\C/C=C\CCCCCCCC(=O)OCCCCCCCCCCCCCC/C=C\CCCCCCCCCCCCC(=O)NC(CO)C(O)CCCCCCCCCCCCCCCCCCCC. The van der Waals surface area contributed by atoms with Crippen molar-refractivity contribution >= 4 is 11.9 Å². The van der Waals surface area contributed by atoms with E-state index < -0.39 is 12.1 Å². The molecule has 0 saturated carbocycles. The third kappa shape index (κ3) is 59.3. The van der Waals surface area contributed by atoms with Gasteiger partial charge in [-0.3, -0.25) is 9.59 Å². The number of aliphatic hydroxyl groups excluding tert-OH is 2. The lowest BCUT2D eigenvalue weighted by atomic mass is 10.0. The number of nitrogens with one attached hydrogen (secondary N) is 1. The van der Waals surface area contributed by atoms with Gasteiger partial charge in [-0.15, -0.1) is 0 Å². The fourth-order valence-electron chi connectivity index (χ4n) is 10.3. The summed E-state index contributed by atoms with van der Waals surface area (Å²) >= 11 is 0. The third-order valence-corrected chi connectivity index (χ3v) is 15.4. The Hall–Kier alpha value is -1.92. The number of ether oxygens (including phenoxy) is 1. The fraction of sp³-hybridized carbons (Fsp3) is 0.882. The Morgan fingerprint density at radius 1 is 0.378 bits per heavy atom. The van der Waals surface area contributed by atoms with Gasteiger partial charge in [-0.05, 0) is 77.0 Å². The average Bonchev–Trinajstić information content (AvgIpc) is 3.40. The maximum absolute atomic E-state index is 12.5. The first-order valence-electron chi connectivity index (χ1n) is 33.2. The van der Waals surface area contributed by atoms with Gasteiger partial charge in [0.1, 0.15) is 0 Å². The molecule has 0 aliphatic rings. The van der Waals surface area contributed by atoms with Gasteiger partial charge in [-0.25, -0.2) is 0 Å². The molecule has 74 heavy (non-hydrogen) atoms. The van der Waals surface area contributed by atoms with Gasteiger partial charge in [0.15, 0.2) is 0 Å². The zero-order valence-corrected chi connectivity index (χ0v) is 49.8. The zero-order chi connectivity index (χ0) is 53.6. The van der Waals surface area contributed by atoms with Crippen molar-refractivity contribution in [1.82, 2.24) is 5.32 Å². The van der Waals surface area contributed by atoms with Crippen LogP contribution in [0.1, 0.15) is 361 Å². The van der Waals surface area contributed by atoms with Crippen LogP contribution in [0.4, 0.5) is 0 Å². The molecule has 3 N–H and O–H groups in total. The molecular weight excluding hydrogens is 911 g/mol. The maximum atomic E-state index is 12.5. The quantitative estimate of drug-likeness (QED) is 0.0320. The molecule has 0 heterocycles. The van der Waals surface area contributed by atoms with Crippen molar-refractivity contribution in [2.45, 2.75) is 373 Å².